The van der Waals surface area contributed by atoms with E-state index in [1.54, 1.807) is 0 Å². The maximum atomic E-state index is 4.49. The number of hydrogen-bond acceptors (Lipinski definition) is 4. The molecule has 18 heavy (non-hydrogen) atoms. The first-order valence-corrected chi connectivity index (χ1v) is 6.92. The van der Waals surface area contributed by atoms with Crippen LogP contribution in [0.1, 0.15) is 37.1 Å². The number of aromatic nitrogens is 2. The van der Waals surface area contributed by atoms with Crippen molar-refractivity contribution in [1.29, 1.82) is 0 Å². The fourth-order valence-electron chi connectivity index (χ4n) is 2.50. The van der Waals surface area contributed by atoms with Gasteiger partial charge in [0, 0.05) is 31.0 Å². The van der Waals surface area contributed by atoms with E-state index in [2.05, 4.69) is 27.2 Å². The van der Waals surface area contributed by atoms with E-state index in [1.807, 2.05) is 19.9 Å². The molecule has 0 spiro atoms. The monoisotopic (exact) mass is 248 g/mol. The van der Waals surface area contributed by atoms with Crippen LogP contribution in [-0.2, 0) is 0 Å². The third kappa shape index (κ3) is 3.67. The summed E-state index contributed by atoms with van der Waals surface area (Å²) in [5.74, 6) is 0.850. The van der Waals surface area contributed by atoms with Crippen LogP contribution in [0.2, 0.25) is 0 Å². The lowest BCUT2D eigenvalue weighted by molar-refractivity contribution is 0.384. The average Bonchev–Trinajstić information content (AvgIpc) is 2.36. The van der Waals surface area contributed by atoms with Gasteiger partial charge in [0.05, 0.1) is 0 Å². The van der Waals surface area contributed by atoms with Crippen LogP contribution in [0.15, 0.2) is 6.07 Å². The highest BCUT2D eigenvalue weighted by atomic mass is 15.2. The van der Waals surface area contributed by atoms with Crippen LogP contribution in [0.25, 0.3) is 0 Å². The molecule has 1 aliphatic rings. The maximum absolute atomic E-state index is 4.49. The Balaban J connectivity index is 1.88. The summed E-state index contributed by atoms with van der Waals surface area (Å²) < 4.78 is 0. The zero-order valence-corrected chi connectivity index (χ0v) is 11.7. The molecule has 4 nitrogen and oxygen atoms in total. The summed E-state index contributed by atoms with van der Waals surface area (Å²) in [7, 11) is 2.08. The van der Waals surface area contributed by atoms with Crippen molar-refractivity contribution in [3.05, 3.63) is 17.5 Å². The van der Waals surface area contributed by atoms with E-state index in [4.69, 9.17) is 0 Å². The predicted octanol–water partition coefficient (Wildman–Crippen LogP) is 2.06. The number of piperidine rings is 1. The standard InChI is InChI=1S/C14H24N4/c1-11-10-12(2)17-14(16-11)18(3)9-7-13-6-4-5-8-15-13/h10,13,15H,4-9H2,1-3H3. The number of rotatable bonds is 4. The largest absolute Gasteiger partial charge is 0.344 e. The SMILES string of the molecule is Cc1cc(C)nc(N(C)CCC2CCCCN2)n1. The summed E-state index contributed by atoms with van der Waals surface area (Å²) in [6.07, 6.45) is 5.17. The molecule has 1 atom stereocenters. The Morgan fingerprint density at radius 1 is 1.28 bits per heavy atom. The van der Waals surface area contributed by atoms with Gasteiger partial charge in [-0.05, 0) is 45.7 Å². The molecule has 0 radical (unpaired) electrons. The smallest absolute Gasteiger partial charge is 0.225 e. The molecule has 100 valence electrons. The van der Waals surface area contributed by atoms with Gasteiger partial charge in [-0.3, -0.25) is 0 Å². The van der Waals surface area contributed by atoms with Crippen LogP contribution in [0.4, 0.5) is 5.95 Å². The lowest BCUT2D eigenvalue weighted by Crippen LogP contribution is -2.37. The van der Waals surface area contributed by atoms with E-state index in [-0.39, 0.29) is 0 Å². The molecule has 0 aromatic carbocycles. The summed E-state index contributed by atoms with van der Waals surface area (Å²) >= 11 is 0. The molecule has 0 bridgehead atoms. The van der Waals surface area contributed by atoms with E-state index in [1.165, 1.54) is 32.2 Å². The summed E-state index contributed by atoms with van der Waals surface area (Å²) in [6.45, 7) is 6.23. The van der Waals surface area contributed by atoms with Crippen LogP contribution in [0.5, 0.6) is 0 Å². The topological polar surface area (TPSA) is 41.1 Å². The first-order valence-electron chi connectivity index (χ1n) is 6.92. The van der Waals surface area contributed by atoms with Gasteiger partial charge < -0.3 is 10.2 Å². The minimum atomic E-state index is 0.673. The molecule has 1 N–H and O–H groups in total. The van der Waals surface area contributed by atoms with Gasteiger partial charge in [-0.1, -0.05) is 6.42 Å². The molecule has 1 fully saturated rings. The van der Waals surface area contributed by atoms with Gasteiger partial charge in [0.2, 0.25) is 5.95 Å². The highest BCUT2D eigenvalue weighted by Crippen LogP contribution is 2.13. The lowest BCUT2D eigenvalue weighted by atomic mass is 10.0. The second-order valence-corrected chi connectivity index (χ2v) is 5.31. The Labute approximate surface area is 110 Å². The van der Waals surface area contributed by atoms with Crippen LogP contribution in [0.3, 0.4) is 0 Å². The van der Waals surface area contributed by atoms with E-state index < -0.39 is 0 Å². The first kappa shape index (κ1) is 13.3. The quantitative estimate of drug-likeness (QED) is 0.885. The zero-order valence-electron chi connectivity index (χ0n) is 11.7. The summed E-state index contributed by atoms with van der Waals surface area (Å²) in [5.41, 5.74) is 2.08. The minimum Gasteiger partial charge on any atom is -0.344 e. The molecule has 1 unspecified atom stereocenters. The van der Waals surface area contributed by atoms with Gasteiger partial charge in [0.25, 0.3) is 0 Å². The first-order chi connectivity index (χ1) is 8.65. The van der Waals surface area contributed by atoms with Crippen LogP contribution in [-0.4, -0.2) is 36.1 Å². The van der Waals surface area contributed by atoms with E-state index >= 15 is 0 Å². The van der Waals surface area contributed by atoms with Crippen molar-refractivity contribution in [1.82, 2.24) is 15.3 Å². The number of aryl methyl sites for hydroxylation is 2. The fraction of sp³-hybridized carbons (Fsp3) is 0.714. The fourth-order valence-corrected chi connectivity index (χ4v) is 2.50. The predicted molar refractivity (Wildman–Crippen MR) is 75.0 cm³/mol. The molecule has 0 aliphatic carbocycles. The number of nitrogens with one attached hydrogen (secondary N) is 1. The van der Waals surface area contributed by atoms with Crippen LogP contribution in [0, 0.1) is 13.8 Å². The molecule has 1 aromatic heterocycles. The number of hydrogen-bond donors (Lipinski definition) is 1. The third-order valence-corrected chi connectivity index (χ3v) is 3.54. The summed E-state index contributed by atoms with van der Waals surface area (Å²) in [6, 6.07) is 2.69. The molecule has 0 amide bonds. The Morgan fingerprint density at radius 2 is 2.00 bits per heavy atom. The second-order valence-electron chi connectivity index (χ2n) is 5.31. The van der Waals surface area contributed by atoms with Gasteiger partial charge in [0.1, 0.15) is 0 Å². The maximum Gasteiger partial charge on any atom is 0.225 e. The molecule has 1 aromatic rings. The van der Waals surface area contributed by atoms with Crippen molar-refractivity contribution in [2.45, 2.75) is 45.6 Å². The van der Waals surface area contributed by atoms with Crippen LogP contribution >= 0.6 is 0 Å². The van der Waals surface area contributed by atoms with Crippen molar-refractivity contribution in [3.8, 4) is 0 Å². The molecular formula is C14H24N4. The van der Waals surface area contributed by atoms with Crippen molar-refractivity contribution in [2.24, 2.45) is 0 Å². The second kappa shape index (κ2) is 6.14. The Bertz CT molecular complexity index is 365. The third-order valence-electron chi connectivity index (χ3n) is 3.54. The highest BCUT2D eigenvalue weighted by molar-refractivity contribution is 5.30. The van der Waals surface area contributed by atoms with Gasteiger partial charge in [-0.25, -0.2) is 9.97 Å². The average molecular weight is 248 g/mol. The Hall–Kier alpha value is -1.16. The van der Waals surface area contributed by atoms with Crippen molar-refractivity contribution in [3.63, 3.8) is 0 Å². The molecule has 2 heterocycles. The van der Waals surface area contributed by atoms with Crippen molar-refractivity contribution < 1.29 is 0 Å². The van der Waals surface area contributed by atoms with Gasteiger partial charge in [-0.15, -0.1) is 0 Å². The Morgan fingerprint density at radius 3 is 2.61 bits per heavy atom. The van der Waals surface area contributed by atoms with Crippen molar-refractivity contribution >= 4 is 5.95 Å². The van der Waals surface area contributed by atoms with Gasteiger partial charge >= 0.3 is 0 Å². The minimum absolute atomic E-state index is 0.673. The van der Waals surface area contributed by atoms with E-state index in [0.717, 1.165) is 23.9 Å². The summed E-state index contributed by atoms with van der Waals surface area (Å²) in [4.78, 5) is 11.1. The molecule has 1 saturated heterocycles. The zero-order chi connectivity index (χ0) is 13.0. The van der Waals surface area contributed by atoms with Gasteiger partial charge in [-0.2, -0.15) is 0 Å². The molecule has 4 heteroatoms. The molecule has 0 saturated carbocycles. The molecular weight excluding hydrogens is 224 g/mol. The van der Waals surface area contributed by atoms with Gasteiger partial charge in [0.15, 0.2) is 0 Å². The highest BCUT2D eigenvalue weighted by Gasteiger charge is 2.14. The van der Waals surface area contributed by atoms with E-state index in [0.29, 0.717) is 6.04 Å². The van der Waals surface area contributed by atoms with Crippen molar-refractivity contribution in [2.75, 3.05) is 25.0 Å². The molecule has 1 aliphatic heterocycles. The summed E-state index contributed by atoms with van der Waals surface area (Å²) in [5, 5.41) is 3.58. The normalized spacial score (nSPS) is 19.8. The number of anilines is 1. The molecule has 2 rings (SSSR count). The lowest BCUT2D eigenvalue weighted by Gasteiger charge is -2.26. The Kier molecular flexibility index (Phi) is 4.53. The van der Waals surface area contributed by atoms with E-state index in [9.17, 15) is 0 Å². The van der Waals surface area contributed by atoms with Crippen LogP contribution < -0.4 is 10.2 Å². The number of nitrogens with zero attached hydrogens (tertiary/aromatic N) is 3.